The van der Waals surface area contributed by atoms with Crippen LogP contribution in [0.3, 0.4) is 0 Å². The molecule has 1 unspecified atom stereocenters. The number of nitrogens with zero attached hydrogens (tertiary/aromatic N) is 2. The maximum Gasteiger partial charge on any atom is 0.193 e. The predicted molar refractivity (Wildman–Crippen MR) is 127 cm³/mol. The van der Waals surface area contributed by atoms with Crippen molar-refractivity contribution in [2.75, 3.05) is 25.5 Å². The number of rotatable bonds is 6. The van der Waals surface area contributed by atoms with Crippen LogP contribution in [0.25, 0.3) is 0 Å². The average Bonchev–Trinajstić information content (AvgIpc) is 2.68. The predicted octanol–water partition coefficient (Wildman–Crippen LogP) is 4.47. The standard InChI is InChI=1S/C22H30N4O.HI/c1-17-6-5-13-26(15-17)16-19-11-9-18(10-12-19)14-24-22(23)25-20-7-3-4-8-21(20)27-2;/h3-4,7-12,17H,5-6,13-16H2,1-2H3,(H3,23,24,25);1H. The molecule has 0 amide bonds. The molecule has 3 rings (SSSR count). The molecule has 1 heterocycles. The summed E-state index contributed by atoms with van der Waals surface area (Å²) in [5.41, 5.74) is 9.34. The van der Waals surface area contributed by atoms with Gasteiger partial charge in [-0.2, -0.15) is 0 Å². The van der Waals surface area contributed by atoms with Crippen molar-refractivity contribution < 1.29 is 4.74 Å². The molecule has 28 heavy (non-hydrogen) atoms. The summed E-state index contributed by atoms with van der Waals surface area (Å²) < 4.78 is 5.31. The van der Waals surface area contributed by atoms with E-state index in [1.54, 1.807) is 7.11 Å². The van der Waals surface area contributed by atoms with Gasteiger partial charge >= 0.3 is 0 Å². The number of guanidine groups is 1. The summed E-state index contributed by atoms with van der Waals surface area (Å²) >= 11 is 0. The van der Waals surface area contributed by atoms with Gasteiger partial charge in [-0.3, -0.25) is 4.90 Å². The van der Waals surface area contributed by atoms with E-state index < -0.39 is 0 Å². The van der Waals surface area contributed by atoms with Crippen molar-refractivity contribution in [2.24, 2.45) is 16.6 Å². The molecule has 1 fully saturated rings. The minimum atomic E-state index is 0. The van der Waals surface area contributed by atoms with Gasteiger partial charge in [-0.1, -0.05) is 43.3 Å². The Bertz CT molecular complexity index is 763. The van der Waals surface area contributed by atoms with E-state index in [1.165, 1.54) is 31.5 Å². The second kappa shape index (κ2) is 11.3. The third-order valence-electron chi connectivity index (χ3n) is 4.97. The molecule has 0 aromatic heterocycles. The van der Waals surface area contributed by atoms with Gasteiger partial charge in [-0.15, -0.1) is 24.0 Å². The number of likely N-dealkylation sites (tertiary alicyclic amines) is 1. The van der Waals surface area contributed by atoms with Crippen molar-refractivity contribution >= 4 is 35.6 Å². The number of methoxy groups -OCH3 is 1. The first-order valence-corrected chi connectivity index (χ1v) is 9.64. The lowest BCUT2D eigenvalue weighted by Crippen LogP contribution is -2.33. The third kappa shape index (κ3) is 6.67. The Labute approximate surface area is 185 Å². The molecule has 1 saturated heterocycles. The first-order valence-electron chi connectivity index (χ1n) is 9.64. The van der Waals surface area contributed by atoms with Crippen molar-refractivity contribution in [3.05, 3.63) is 59.7 Å². The molecule has 1 atom stereocenters. The van der Waals surface area contributed by atoms with Gasteiger partial charge in [-0.25, -0.2) is 4.99 Å². The molecule has 1 aliphatic heterocycles. The topological polar surface area (TPSA) is 62.9 Å². The highest BCUT2D eigenvalue weighted by Gasteiger charge is 2.16. The number of piperidine rings is 1. The largest absolute Gasteiger partial charge is 0.495 e. The number of benzene rings is 2. The molecule has 3 N–H and O–H groups in total. The number of para-hydroxylation sites is 2. The number of hydrogen-bond donors (Lipinski definition) is 2. The normalized spacial score (nSPS) is 17.6. The summed E-state index contributed by atoms with van der Waals surface area (Å²) in [7, 11) is 1.64. The van der Waals surface area contributed by atoms with E-state index in [4.69, 9.17) is 10.5 Å². The Morgan fingerprint density at radius 3 is 2.61 bits per heavy atom. The molecule has 0 bridgehead atoms. The number of anilines is 1. The fraction of sp³-hybridized carbons (Fsp3) is 0.409. The molecular weight excluding hydrogens is 463 g/mol. The minimum Gasteiger partial charge on any atom is -0.495 e. The van der Waals surface area contributed by atoms with E-state index in [0.717, 1.165) is 29.5 Å². The molecule has 0 saturated carbocycles. The summed E-state index contributed by atoms with van der Waals surface area (Å²) in [5, 5.41) is 3.10. The first kappa shape index (κ1) is 22.5. The Kier molecular flexibility index (Phi) is 9.05. The highest BCUT2D eigenvalue weighted by molar-refractivity contribution is 14.0. The van der Waals surface area contributed by atoms with Gasteiger partial charge in [-0.05, 0) is 48.6 Å². The number of aliphatic imine (C=N–C) groups is 1. The van der Waals surface area contributed by atoms with E-state index in [9.17, 15) is 0 Å². The fourth-order valence-electron chi connectivity index (χ4n) is 3.54. The first-order chi connectivity index (χ1) is 13.1. The zero-order valence-electron chi connectivity index (χ0n) is 16.7. The Balaban J connectivity index is 0.00000280. The van der Waals surface area contributed by atoms with Gasteiger partial charge in [0.15, 0.2) is 5.96 Å². The Hall–Kier alpha value is -1.80. The van der Waals surface area contributed by atoms with Gasteiger partial charge in [0, 0.05) is 13.1 Å². The van der Waals surface area contributed by atoms with Crippen LogP contribution in [-0.2, 0) is 13.1 Å². The van der Waals surface area contributed by atoms with Crippen molar-refractivity contribution in [3.8, 4) is 5.75 Å². The second-order valence-corrected chi connectivity index (χ2v) is 7.33. The van der Waals surface area contributed by atoms with Crippen molar-refractivity contribution in [2.45, 2.75) is 32.9 Å². The SMILES string of the molecule is COc1ccccc1NC(N)=NCc1ccc(CN2CCCC(C)C2)cc1.I. The summed E-state index contributed by atoms with van der Waals surface area (Å²) in [6, 6.07) is 16.3. The monoisotopic (exact) mass is 494 g/mol. The molecule has 2 aromatic carbocycles. The fourth-order valence-corrected chi connectivity index (χ4v) is 3.54. The van der Waals surface area contributed by atoms with Crippen LogP contribution in [0.4, 0.5) is 5.69 Å². The number of nitrogens with one attached hydrogen (secondary N) is 1. The van der Waals surface area contributed by atoms with Crippen LogP contribution in [0.5, 0.6) is 5.75 Å². The Morgan fingerprint density at radius 1 is 1.18 bits per heavy atom. The van der Waals surface area contributed by atoms with Gasteiger partial charge in [0.25, 0.3) is 0 Å². The summed E-state index contributed by atoms with van der Waals surface area (Å²) in [4.78, 5) is 6.99. The van der Waals surface area contributed by atoms with E-state index in [1.807, 2.05) is 24.3 Å². The summed E-state index contributed by atoms with van der Waals surface area (Å²) in [6.45, 7) is 6.34. The van der Waals surface area contributed by atoms with E-state index >= 15 is 0 Å². The molecule has 152 valence electrons. The summed E-state index contributed by atoms with van der Waals surface area (Å²) in [5.74, 6) is 1.93. The smallest absolute Gasteiger partial charge is 0.193 e. The average molecular weight is 494 g/mol. The van der Waals surface area contributed by atoms with Crippen LogP contribution in [0.1, 0.15) is 30.9 Å². The highest BCUT2D eigenvalue weighted by atomic mass is 127. The third-order valence-corrected chi connectivity index (χ3v) is 4.97. The van der Waals surface area contributed by atoms with Crippen LogP contribution < -0.4 is 15.8 Å². The van der Waals surface area contributed by atoms with Gasteiger partial charge in [0.2, 0.25) is 0 Å². The van der Waals surface area contributed by atoms with Crippen LogP contribution in [0.15, 0.2) is 53.5 Å². The minimum absolute atomic E-state index is 0. The zero-order chi connectivity index (χ0) is 19.1. The highest BCUT2D eigenvalue weighted by Crippen LogP contribution is 2.22. The maximum absolute atomic E-state index is 6.02. The molecule has 0 aliphatic carbocycles. The quantitative estimate of drug-likeness (QED) is 0.354. The second-order valence-electron chi connectivity index (χ2n) is 7.33. The summed E-state index contributed by atoms with van der Waals surface area (Å²) in [6.07, 6.45) is 2.67. The lowest BCUT2D eigenvalue weighted by Gasteiger charge is -2.30. The van der Waals surface area contributed by atoms with Gasteiger partial charge < -0.3 is 15.8 Å². The molecule has 0 spiro atoms. The molecule has 2 aromatic rings. The van der Waals surface area contributed by atoms with Crippen molar-refractivity contribution in [3.63, 3.8) is 0 Å². The van der Waals surface area contributed by atoms with Crippen LogP contribution in [-0.4, -0.2) is 31.1 Å². The number of nitrogens with two attached hydrogens (primary N) is 1. The van der Waals surface area contributed by atoms with Crippen molar-refractivity contribution in [1.82, 2.24) is 4.90 Å². The molecule has 1 aliphatic rings. The molecule has 6 heteroatoms. The van der Waals surface area contributed by atoms with E-state index in [2.05, 4.69) is 46.4 Å². The van der Waals surface area contributed by atoms with Crippen LogP contribution >= 0.6 is 24.0 Å². The molecule has 0 radical (unpaired) electrons. The number of halogens is 1. The van der Waals surface area contributed by atoms with E-state index in [-0.39, 0.29) is 24.0 Å². The van der Waals surface area contributed by atoms with E-state index in [0.29, 0.717) is 12.5 Å². The van der Waals surface area contributed by atoms with Gasteiger partial charge in [0.1, 0.15) is 5.75 Å². The lowest BCUT2D eigenvalue weighted by atomic mass is 9.99. The van der Waals surface area contributed by atoms with Crippen molar-refractivity contribution in [1.29, 1.82) is 0 Å². The maximum atomic E-state index is 6.02. The van der Waals surface area contributed by atoms with Crippen LogP contribution in [0.2, 0.25) is 0 Å². The molecular formula is C22H31IN4O. The van der Waals surface area contributed by atoms with Gasteiger partial charge in [0.05, 0.1) is 19.3 Å². The zero-order valence-corrected chi connectivity index (χ0v) is 19.1. The lowest BCUT2D eigenvalue weighted by molar-refractivity contribution is 0.176. The Morgan fingerprint density at radius 2 is 1.89 bits per heavy atom. The van der Waals surface area contributed by atoms with Crippen LogP contribution in [0, 0.1) is 5.92 Å². The number of hydrogen-bond acceptors (Lipinski definition) is 3. The number of ether oxygens (including phenoxy) is 1. The molecule has 5 nitrogen and oxygen atoms in total.